The Morgan fingerprint density at radius 1 is 0.882 bits per heavy atom. The molecule has 0 aliphatic carbocycles. The van der Waals surface area contributed by atoms with E-state index in [-0.39, 0.29) is 11.5 Å². The summed E-state index contributed by atoms with van der Waals surface area (Å²) in [6.45, 7) is 0. The molecule has 0 aliphatic heterocycles. The smallest absolute Gasteiger partial charge is 0.157 e. The van der Waals surface area contributed by atoms with E-state index < -0.39 is 0 Å². The molecule has 86 valence electrons. The van der Waals surface area contributed by atoms with Crippen LogP contribution in [-0.4, -0.2) is 10.2 Å². The molecule has 2 aromatic carbocycles. The molecule has 0 amide bonds. The second-order valence-electron chi connectivity index (χ2n) is 3.84. The van der Waals surface area contributed by atoms with Gasteiger partial charge in [0.2, 0.25) is 0 Å². The predicted octanol–water partition coefficient (Wildman–Crippen LogP) is 3.35. The Labute approximate surface area is 100 Å². The summed E-state index contributed by atoms with van der Waals surface area (Å²) in [6, 6.07) is 14.9. The number of phenols is 2. The fourth-order valence-electron chi connectivity index (χ4n) is 1.59. The molecule has 2 nitrogen and oxygen atoms in total. The summed E-state index contributed by atoms with van der Waals surface area (Å²) in [5, 5.41) is 18.5. The van der Waals surface area contributed by atoms with E-state index in [4.69, 9.17) is 0 Å². The highest BCUT2D eigenvalue weighted by atomic mass is 16.3. The topological polar surface area (TPSA) is 40.5 Å². The molecular weight excluding hydrogens is 212 g/mol. The van der Waals surface area contributed by atoms with Crippen LogP contribution in [0.15, 0.2) is 54.6 Å². The summed E-state index contributed by atoms with van der Waals surface area (Å²) in [5.74, 6) is -0.183. The van der Waals surface area contributed by atoms with Crippen LogP contribution >= 0.6 is 0 Å². The lowest BCUT2D eigenvalue weighted by molar-refractivity contribution is 0.403. The van der Waals surface area contributed by atoms with Crippen LogP contribution in [0.4, 0.5) is 0 Å². The maximum atomic E-state index is 9.33. The number of phenolic OH excluding ortho intramolecular Hbond substituents is 2. The van der Waals surface area contributed by atoms with Crippen molar-refractivity contribution in [1.29, 1.82) is 0 Å². The SMILES string of the molecule is Oc1ccc(/C=C/Cc2ccccc2)cc1O. The third-order valence-electron chi connectivity index (χ3n) is 2.51. The zero-order valence-corrected chi connectivity index (χ0v) is 9.38. The van der Waals surface area contributed by atoms with E-state index in [1.54, 1.807) is 6.07 Å². The fraction of sp³-hybridized carbons (Fsp3) is 0.0667. The number of benzene rings is 2. The predicted molar refractivity (Wildman–Crippen MR) is 69.0 cm³/mol. The first-order chi connectivity index (χ1) is 8.25. The maximum Gasteiger partial charge on any atom is 0.157 e. The van der Waals surface area contributed by atoms with E-state index >= 15 is 0 Å². The van der Waals surface area contributed by atoms with Gasteiger partial charge < -0.3 is 10.2 Å². The highest BCUT2D eigenvalue weighted by molar-refractivity contribution is 5.55. The average molecular weight is 226 g/mol. The number of hydrogen-bond donors (Lipinski definition) is 2. The van der Waals surface area contributed by atoms with Crippen molar-refractivity contribution in [2.45, 2.75) is 6.42 Å². The van der Waals surface area contributed by atoms with Gasteiger partial charge in [-0.1, -0.05) is 48.6 Å². The lowest BCUT2D eigenvalue weighted by Gasteiger charge is -1.99. The molecule has 2 aromatic rings. The van der Waals surface area contributed by atoms with Gasteiger partial charge in [-0.3, -0.25) is 0 Å². The van der Waals surface area contributed by atoms with Crippen molar-refractivity contribution >= 4 is 6.08 Å². The van der Waals surface area contributed by atoms with E-state index in [2.05, 4.69) is 12.1 Å². The molecule has 0 saturated heterocycles. The van der Waals surface area contributed by atoms with Gasteiger partial charge in [-0.05, 0) is 29.7 Å². The minimum atomic E-state index is -0.0924. The molecule has 0 fully saturated rings. The lowest BCUT2D eigenvalue weighted by atomic mass is 10.1. The first kappa shape index (κ1) is 11.3. The summed E-state index contributed by atoms with van der Waals surface area (Å²) >= 11 is 0. The molecule has 0 radical (unpaired) electrons. The molecule has 0 aromatic heterocycles. The van der Waals surface area contributed by atoms with Gasteiger partial charge in [0.1, 0.15) is 0 Å². The second kappa shape index (κ2) is 5.21. The third-order valence-corrected chi connectivity index (χ3v) is 2.51. The number of allylic oxidation sites excluding steroid dienone is 1. The Morgan fingerprint density at radius 3 is 2.35 bits per heavy atom. The van der Waals surface area contributed by atoms with E-state index in [0.29, 0.717) is 0 Å². The van der Waals surface area contributed by atoms with Gasteiger partial charge in [0.05, 0.1) is 0 Å². The zero-order chi connectivity index (χ0) is 12.1. The molecule has 0 unspecified atom stereocenters. The van der Waals surface area contributed by atoms with Crippen LogP contribution in [0.2, 0.25) is 0 Å². The van der Waals surface area contributed by atoms with Crippen LogP contribution in [-0.2, 0) is 6.42 Å². The third kappa shape index (κ3) is 3.11. The first-order valence-electron chi connectivity index (χ1n) is 5.48. The van der Waals surface area contributed by atoms with Crippen molar-refractivity contribution in [3.05, 3.63) is 65.7 Å². The molecule has 0 aliphatic rings. The molecule has 0 bridgehead atoms. The van der Waals surface area contributed by atoms with E-state index in [1.807, 2.05) is 30.4 Å². The summed E-state index contributed by atoms with van der Waals surface area (Å²) in [4.78, 5) is 0. The van der Waals surface area contributed by atoms with Crippen LogP contribution < -0.4 is 0 Å². The molecule has 0 heterocycles. The number of rotatable bonds is 3. The fourth-order valence-corrected chi connectivity index (χ4v) is 1.59. The largest absolute Gasteiger partial charge is 0.504 e. The minimum Gasteiger partial charge on any atom is -0.504 e. The highest BCUT2D eigenvalue weighted by Crippen LogP contribution is 2.25. The van der Waals surface area contributed by atoms with E-state index in [1.165, 1.54) is 17.7 Å². The Kier molecular flexibility index (Phi) is 3.46. The van der Waals surface area contributed by atoms with Crippen molar-refractivity contribution in [2.24, 2.45) is 0 Å². The maximum absolute atomic E-state index is 9.33. The van der Waals surface area contributed by atoms with Gasteiger partial charge in [-0.15, -0.1) is 0 Å². The average Bonchev–Trinajstić information content (AvgIpc) is 2.35. The van der Waals surface area contributed by atoms with Gasteiger partial charge in [0.25, 0.3) is 0 Å². The summed E-state index contributed by atoms with van der Waals surface area (Å²) < 4.78 is 0. The quantitative estimate of drug-likeness (QED) is 0.788. The van der Waals surface area contributed by atoms with Gasteiger partial charge >= 0.3 is 0 Å². The molecule has 2 rings (SSSR count). The monoisotopic (exact) mass is 226 g/mol. The van der Waals surface area contributed by atoms with Crippen LogP contribution in [0, 0.1) is 0 Å². The molecule has 2 N–H and O–H groups in total. The van der Waals surface area contributed by atoms with Crippen LogP contribution in [0.25, 0.3) is 6.08 Å². The van der Waals surface area contributed by atoms with E-state index in [0.717, 1.165) is 12.0 Å². The summed E-state index contributed by atoms with van der Waals surface area (Å²) in [6.07, 6.45) is 4.80. The van der Waals surface area contributed by atoms with Crippen LogP contribution in [0.1, 0.15) is 11.1 Å². The number of hydrogen-bond acceptors (Lipinski definition) is 2. The van der Waals surface area contributed by atoms with Gasteiger partial charge in [0.15, 0.2) is 11.5 Å². The normalized spacial score (nSPS) is 10.8. The minimum absolute atomic E-state index is 0.0909. The second-order valence-corrected chi connectivity index (χ2v) is 3.84. The van der Waals surface area contributed by atoms with Gasteiger partial charge in [-0.2, -0.15) is 0 Å². The summed E-state index contributed by atoms with van der Waals surface area (Å²) in [5.41, 5.74) is 2.11. The molecule has 0 spiro atoms. The van der Waals surface area contributed by atoms with Crippen molar-refractivity contribution in [2.75, 3.05) is 0 Å². The van der Waals surface area contributed by atoms with Gasteiger partial charge in [-0.25, -0.2) is 0 Å². The Balaban J connectivity index is 2.03. The van der Waals surface area contributed by atoms with Crippen LogP contribution in [0.3, 0.4) is 0 Å². The molecule has 0 atom stereocenters. The zero-order valence-electron chi connectivity index (χ0n) is 9.38. The van der Waals surface area contributed by atoms with Crippen molar-refractivity contribution in [1.82, 2.24) is 0 Å². The Bertz CT molecular complexity index is 516. The lowest BCUT2D eigenvalue weighted by Crippen LogP contribution is -1.79. The van der Waals surface area contributed by atoms with E-state index in [9.17, 15) is 10.2 Å². The number of aromatic hydroxyl groups is 2. The molecule has 17 heavy (non-hydrogen) atoms. The summed E-state index contributed by atoms with van der Waals surface area (Å²) in [7, 11) is 0. The Morgan fingerprint density at radius 2 is 1.65 bits per heavy atom. The van der Waals surface area contributed by atoms with Crippen LogP contribution in [0.5, 0.6) is 11.5 Å². The first-order valence-corrected chi connectivity index (χ1v) is 5.48. The molecule has 0 saturated carbocycles. The standard InChI is InChI=1S/C15H14O2/c16-14-10-9-13(11-15(14)17)8-4-7-12-5-2-1-3-6-12/h1-6,8-11,16-17H,7H2/b8-4+. The Hall–Kier alpha value is -2.22. The highest BCUT2D eigenvalue weighted by Gasteiger charge is 1.97. The van der Waals surface area contributed by atoms with Crippen molar-refractivity contribution in [3.8, 4) is 11.5 Å². The molecular formula is C15H14O2. The van der Waals surface area contributed by atoms with Gasteiger partial charge in [0, 0.05) is 0 Å². The van der Waals surface area contributed by atoms with Crippen molar-refractivity contribution < 1.29 is 10.2 Å². The molecule has 2 heteroatoms. The van der Waals surface area contributed by atoms with Crippen molar-refractivity contribution in [3.63, 3.8) is 0 Å².